The number of carbonyl (C=O) groups is 1. The lowest BCUT2D eigenvalue weighted by molar-refractivity contribution is -0.115. The van der Waals surface area contributed by atoms with Gasteiger partial charge in [-0.15, -0.1) is 5.10 Å². The number of nitrogens with one attached hydrogen (secondary N) is 1. The lowest BCUT2D eigenvalue weighted by Crippen LogP contribution is -2.18. The summed E-state index contributed by atoms with van der Waals surface area (Å²) in [7, 11) is 3.13. The van der Waals surface area contributed by atoms with Crippen LogP contribution in [0.5, 0.6) is 11.5 Å². The topological polar surface area (TPSA) is 90.6 Å². The third-order valence-electron chi connectivity index (χ3n) is 4.18. The number of thioether (sulfide) groups is 1. The number of carbonyl (C=O) groups excluding carboxylic acids is 1. The summed E-state index contributed by atoms with van der Waals surface area (Å²) in [6, 6.07) is 5.23. The third-order valence-corrected chi connectivity index (χ3v) is 4.72. The van der Waals surface area contributed by atoms with Crippen LogP contribution in [-0.2, 0) is 11.2 Å². The Morgan fingerprint density at radius 3 is 2.41 bits per heavy atom. The second-order valence-corrected chi connectivity index (χ2v) is 6.67. The van der Waals surface area contributed by atoms with Crippen LogP contribution < -0.4 is 14.8 Å². The van der Waals surface area contributed by atoms with Crippen molar-refractivity contribution in [2.24, 2.45) is 0 Å². The average Bonchev–Trinajstić information content (AvgIpc) is 3.08. The zero-order valence-corrected chi connectivity index (χ0v) is 16.7. The monoisotopic (exact) mass is 387 g/mol. The molecule has 142 valence electrons. The Bertz CT molecular complexity index is 980. The maximum atomic E-state index is 12.6. The summed E-state index contributed by atoms with van der Waals surface area (Å²) in [5.41, 5.74) is 3.04. The standard InChI is InChI=1S/C18H21N5O3S/c1-10-15(11(2)23-17(19-10)21-18(22-23)27-5)9-16(24)20-12-6-13(25-3)8-14(7-12)26-4/h6-8H,9H2,1-5H3,(H,20,24). The number of aromatic nitrogens is 4. The second-order valence-electron chi connectivity index (χ2n) is 5.90. The van der Waals surface area contributed by atoms with Crippen molar-refractivity contribution in [2.45, 2.75) is 25.4 Å². The van der Waals surface area contributed by atoms with Gasteiger partial charge in [-0.25, -0.2) is 9.50 Å². The minimum absolute atomic E-state index is 0.164. The van der Waals surface area contributed by atoms with E-state index in [4.69, 9.17) is 9.47 Å². The van der Waals surface area contributed by atoms with E-state index in [-0.39, 0.29) is 12.3 Å². The lowest BCUT2D eigenvalue weighted by atomic mass is 10.1. The number of hydrogen-bond acceptors (Lipinski definition) is 7. The third kappa shape index (κ3) is 3.97. The molecule has 3 aromatic rings. The van der Waals surface area contributed by atoms with Crippen LogP contribution in [0.2, 0.25) is 0 Å². The van der Waals surface area contributed by atoms with Gasteiger partial charge in [-0.3, -0.25) is 4.79 Å². The summed E-state index contributed by atoms with van der Waals surface area (Å²) in [4.78, 5) is 21.4. The zero-order valence-electron chi connectivity index (χ0n) is 15.9. The number of ether oxygens (including phenoxy) is 2. The molecule has 0 saturated heterocycles. The average molecular weight is 387 g/mol. The Morgan fingerprint density at radius 2 is 1.81 bits per heavy atom. The van der Waals surface area contributed by atoms with Gasteiger partial charge in [0.1, 0.15) is 11.5 Å². The van der Waals surface area contributed by atoms with Crippen molar-refractivity contribution < 1.29 is 14.3 Å². The summed E-state index contributed by atoms with van der Waals surface area (Å²) in [5.74, 6) is 1.58. The number of nitrogens with zero attached hydrogens (tertiary/aromatic N) is 4. The van der Waals surface area contributed by atoms with Crippen LogP contribution in [-0.4, -0.2) is 46.0 Å². The van der Waals surface area contributed by atoms with E-state index < -0.39 is 0 Å². The van der Waals surface area contributed by atoms with Crippen molar-refractivity contribution in [1.29, 1.82) is 0 Å². The fourth-order valence-electron chi connectivity index (χ4n) is 2.78. The van der Waals surface area contributed by atoms with Gasteiger partial charge in [-0.2, -0.15) is 4.98 Å². The number of amides is 1. The van der Waals surface area contributed by atoms with E-state index in [1.807, 2.05) is 20.1 Å². The number of fused-ring (bicyclic) bond motifs is 1. The minimum atomic E-state index is -0.164. The molecule has 0 spiro atoms. The summed E-state index contributed by atoms with van der Waals surface area (Å²) in [6.07, 6.45) is 2.09. The number of anilines is 1. The number of rotatable bonds is 6. The first-order valence-electron chi connectivity index (χ1n) is 8.25. The largest absolute Gasteiger partial charge is 0.497 e. The predicted molar refractivity (Wildman–Crippen MR) is 104 cm³/mol. The van der Waals surface area contributed by atoms with E-state index in [1.54, 1.807) is 36.9 Å². The zero-order chi connectivity index (χ0) is 19.6. The molecule has 0 saturated carbocycles. The van der Waals surface area contributed by atoms with Gasteiger partial charge in [0.15, 0.2) is 0 Å². The van der Waals surface area contributed by atoms with Crippen LogP contribution in [0.25, 0.3) is 5.78 Å². The van der Waals surface area contributed by atoms with Crippen molar-refractivity contribution in [3.8, 4) is 11.5 Å². The molecule has 2 aromatic heterocycles. The molecule has 0 radical (unpaired) electrons. The second kappa shape index (κ2) is 7.83. The molecule has 0 aliphatic rings. The van der Waals surface area contributed by atoms with Crippen LogP contribution in [0.4, 0.5) is 5.69 Å². The first-order chi connectivity index (χ1) is 12.9. The van der Waals surface area contributed by atoms with E-state index >= 15 is 0 Å². The van der Waals surface area contributed by atoms with Crippen molar-refractivity contribution in [1.82, 2.24) is 19.6 Å². The summed E-state index contributed by atoms with van der Waals surface area (Å²) in [5, 5.41) is 7.94. The van der Waals surface area contributed by atoms with Gasteiger partial charge in [-0.05, 0) is 20.1 Å². The number of hydrogen-bond donors (Lipinski definition) is 1. The van der Waals surface area contributed by atoms with Crippen LogP contribution in [0.15, 0.2) is 23.4 Å². The molecular formula is C18H21N5O3S. The Morgan fingerprint density at radius 1 is 1.15 bits per heavy atom. The van der Waals surface area contributed by atoms with E-state index in [0.717, 1.165) is 17.0 Å². The smallest absolute Gasteiger partial charge is 0.253 e. The normalized spacial score (nSPS) is 10.9. The van der Waals surface area contributed by atoms with Crippen molar-refractivity contribution in [3.05, 3.63) is 35.2 Å². The molecule has 8 nitrogen and oxygen atoms in total. The van der Waals surface area contributed by atoms with Crippen LogP contribution >= 0.6 is 11.8 Å². The summed E-state index contributed by atoms with van der Waals surface area (Å²) in [6.45, 7) is 3.79. The van der Waals surface area contributed by atoms with Gasteiger partial charge in [-0.1, -0.05) is 11.8 Å². The maximum absolute atomic E-state index is 12.6. The Balaban J connectivity index is 1.86. The Hall–Kier alpha value is -2.81. The van der Waals surface area contributed by atoms with Gasteiger partial charge < -0.3 is 14.8 Å². The van der Waals surface area contributed by atoms with Gasteiger partial charge in [0, 0.05) is 40.8 Å². The van der Waals surface area contributed by atoms with E-state index in [0.29, 0.717) is 28.1 Å². The maximum Gasteiger partial charge on any atom is 0.253 e. The highest BCUT2D eigenvalue weighted by Crippen LogP contribution is 2.26. The van der Waals surface area contributed by atoms with Crippen molar-refractivity contribution in [3.63, 3.8) is 0 Å². The van der Waals surface area contributed by atoms with Crippen LogP contribution in [0.1, 0.15) is 17.0 Å². The van der Waals surface area contributed by atoms with Crippen LogP contribution in [0, 0.1) is 13.8 Å². The van der Waals surface area contributed by atoms with Gasteiger partial charge in [0.2, 0.25) is 11.1 Å². The Kier molecular flexibility index (Phi) is 5.50. The van der Waals surface area contributed by atoms with E-state index in [9.17, 15) is 4.79 Å². The minimum Gasteiger partial charge on any atom is -0.497 e. The van der Waals surface area contributed by atoms with Gasteiger partial charge >= 0.3 is 0 Å². The fourth-order valence-corrected chi connectivity index (χ4v) is 3.11. The van der Waals surface area contributed by atoms with E-state index in [2.05, 4.69) is 20.4 Å². The summed E-state index contributed by atoms with van der Waals surface area (Å²) >= 11 is 1.45. The molecule has 9 heteroatoms. The fraction of sp³-hybridized carbons (Fsp3) is 0.333. The molecule has 1 N–H and O–H groups in total. The van der Waals surface area contributed by atoms with Crippen molar-refractivity contribution >= 4 is 29.1 Å². The molecule has 3 rings (SSSR count). The SMILES string of the molecule is COc1cc(NC(=O)Cc2c(C)nc3nc(SC)nn3c2C)cc(OC)c1. The highest BCUT2D eigenvalue weighted by Gasteiger charge is 2.16. The molecular weight excluding hydrogens is 366 g/mol. The van der Waals surface area contributed by atoms with Crippen LogP contribution in [0.3, 0.4) is 0 Å². The molecule has 1 amide bonds. The quantitative estimate of drug-likeness (QED) is 0.650. The lowest BCUT2D eigenvalue weighted by Gasteiger charge is -2.12. The number of methoxy groups -OCH3 is 2. The highest BCUT2D eigenvalue weighted by molar-refractivity contribution is 7.98. The molecule has 1 aromatic carbocycles. The molecule has 0 atom stereocenters. The number of benzene rings is 1. The number of aryl methyl sites for hydroxylation is 2. The van der Waals surface area contributed by atoms with Gasteiger partial charge in [0.25, 0.3) is 5.78 Å². The van der Waals surface area contributed by atoms with Crippen molar-refractivity contribution in [2.75, 3.05) is 25.8 Å². The molecule has 0 aliphatic heterocycles. The molecule has 0 fully saturated rings. The molecule has 0 unspecified atom stereocenters. The highest BCUT2D eigenvalue weighted by atomic mass is 32.2. The van der Waals surface area contributed by atoms with Gasteiger partial charge in [0.05, 0.1) is 20.6 Å². The molecule has 2 heterocycles. The predicted octanol–water partition coefficient (Wildman–Crippen LogP) is 2.66. The molecule has 27 heavy (non-hydrogen) atoms. The molecule has 0 bridgehead atoms. The summed E-state index contributed by atoms with van der Waals surface area (Å²) < 4.78 is 12.1. The Labute approximate surface area is 161 Å². The first kappa shape index (κ1) is 19.0. The van der Waals surface area contributed by atoms with E-state index in [1.165, 1.54) is 11.8 Å². The first-order valence-corrected chi connectivity index (χ1v) is 9.47. The molecule has 0 aliphatic carbocycles.